The van der Waals surface area contributed by atoms with Crippen LogP contribution in [0, 0.1) is 0 Å². The highest BCUT2D eigenvalue weighted by Gasteiger charge is 2.42. The van der Waals surface area contributed by atoms with E-state index in [1.54, 1.807) is 0 Å². The number of rotatable bonds is 1. The quantitative estimate of drug-likeness (QED) is 0.751. The van der Waals surface area contributed by atoms with Crippen LogP contribution in [-0.2, 0) is 5.54 Å². The summed E-state index contributed by atoms with van der Waals surface area (Å²) in [5, 5.41) is 0. The molecule has 2 heteroatoms. The van der Waals surface area contributed by atoms with Gasteiger partial charge in [-0.05, 0) is 63.2 Å². The average Bonchev–Trinajstić information content (AvgIpc) is 2.39. The van der Waals surface area contributed by atoms with Gasteiger partial charge < -0.3 is 5.73 Å². The van der Waals surface area contributed by atoms with Gasteiger partial charge in [0.25, 0.3) is 0 Å². The number of fused-ring (bicyclic) bond motifs is 1. The van der Waals surface area contributed by atoms with E-state index in [1.807, 2.05) is 6.07 Å². The van der Waals surface area contributed by atoms with Gasteiger partial charge in [0, 0.05) is 11.2 Å². The van der Waals surface area contributed by atoms with Crippen LogP contribution in [-0.4, -0.2) is 18.0 Å². The molecule has 3 rings (SSSR count). The third kappa shape index (κ3) is 1.75. The minimum absolute atomic E-state index is 0.266. The molecular weight excluding hydrogens is 208 g/mol. The lowest BCUT2D eigenvalue weighted by molar-refractivity contribution is 0.00874. The van der Waals surface area contributed by atoms with E-state index < -0.39 is 0 Å². The van der Waals surface area contributed by atoms with E-state index in [4.69, 9.17) is 5.73 Å². The molecule has 1 aromatic rings. The fraction of sp³-hybridized carbons (Fsp3) is 0.600. The summed E-state index contributed by atoms with van der Waals surface area (Å²) in [5.41, 5.74) is 8.87. The van der Waals surface area contributed by atoms with Crippen LogP contribution in [0.4, 0.5) is 5.69 Å². The number of hydrogen-bond donors (Lipinski definition) is 1. The lowest BCUT2D eigenvalue weighted by atomic mass is 9.74. The largest absolute Gasteiger partial charge is 0.398 e. The number of anilines is 1. The fourth-order valence-electron chi connectivity index (χ4n) is 3.78. The molecule has 0 bridgehead atoms. The van der Waals surface area contributed by atoms with Gasteiger partial charge in [0.05, 0.1) is 0 Å². The first-order valence-corrected chi connectivity index (χ1v) is 6.93. The highest BCUT2D eigenvalue weighted by molar-refractivity contribution is 5.50. The smallest absolute Gasteiger partial charge is 0.0481 e. The molecule has 0 unspecified atom stereocenters. The predicted octanol–water partition coefficient (Wildman–Crippen LogP) is 3.13. The maximum atomic E-state index is 6.23. The molecule has 2 aliphatic rings. The summed E-state index contributed by atoms with van der Waals surface area (Å²) in [6, 6.07) is 8.50. The zero-order valence-electron chi connectivity index (χ0n) is 10.5. The van der Waals surface area contributed by atoms with Crippen LogP contribution < -0.4 is 5.73 Å². The summed E-state index contributed by atoms with van der Waals surface area (Å²) in [5.74, 6) is 0. The molecule has 2 saturated heterocycles. The fourth-order valence-corrected chi connectivity index (χ4v) is 3.78. The molecule has 2 fully saturated rings. The minimum atomic E-state index is 0.266. The van der Waals surface area contributed by atoms with Gasteiger partial charge in [0.15, 0.2) is 0 Å². The molecule has 2 aliphatic heterocycles. The predicted molar refractivity (Wildman–Crippen MR) is 71.8 cm³/mol. The maximum absolute atomic E-state index is 6.23. The number of nitrogen functional groups attached to an aromatic ring is 1. The van der Waals surface area contributed by atoms with Crippen molar-refractivity contribution in [2.24, 2.45) is 0 Å². The van der Waals surface area contributed by atoms with Crippen LogP contribution in [0.15, 0.2) is 24.3 Å². The van der Waals surface area contributed by atoms with Gasteiger partial charge >= 0.3 is 0 Å². The molecule has 0 radical (unpaired) electrons. The Kier molecular flexibility index (Phi) is 2.83. The molecule has 2 nitrogen and oxygen atoms in total. The molecule has 2 N–H and O–H groups in total. The Bertz CT molecular complexity index is 388. The van der Waals surface area contributed by atoms with E-state index in [-0.39, 0.29) is 5.54 Å². The van der Waals surface area contributed by atoms with Crippen LogP contribution in [0.1, 0.15) is 44.1 Å². The van der Waals surface area contributed by atoms with Crippen molar-refractivity contribution in [3.63, 3.8) is 0 Å². The summed E-state index contributed by atoms with van der Waals surface area (Å²) < 4.78 is 0. The molecule has 92 valence electrons. The van der Waals surface area contributed by atoms with E-state index >= 15 is 0 Å². The van der Waals surface area contributed by atoms with Crippen molar-refractivity contribution in [1.29, 1.82) is 0 Å². The minimum Gasteiger partial charge on any atom is -0.398 e. The van der Waals surface area contributed by atoms with Crippen LogP contribution in [0.2, 0.25) is 0 Å². The third-order valence-corrected chi connectivity index (χ3v) is 4.60. The summed E-state index contributed by atoms with van der Waals surface area (Å²) in [6.45, 7) is 2.52. The Balaban J connectivity index is 2.04. The Morgan fingerprint density at radius 3 is 2.24 bits per heavy atom. The second-order valence-corrected chi connectivity index (χ2v) is 5.52. The van der Waals surface area contributed by atoms with E-state index in [0.717, 1.165) is 5.69 Å². The number of nitrogens with two attached hydrogens (primary N) is 1. The van der Waals surface area contributed by atoms with Crippen molar-refractivity contribution in [3.05, 3.63) is 29.8 Å². The van der Waals surface area contributed by atoms with Crippen molar-refractivity contribution in [1.82, 2.24) is 4.90 Å². The van der Waals surface area contributed by atoms with Gasteiger partial charge in [0.2, 0.25) is 0 Å². The SMILES string of the molecule is Nc1ccccc1C12CCCCN1CCCC2. The van der Waals surface area contributed by atoms with Gasteiger partial charge in [0.1, 0.15) is 0 Å². The zero-order valence-corrected chi connectivity index (χ0v) is 10.5. The highest BCUT2D eigenvalue weighted by Crippen LogP contribution is 2.46. The van der Waals surface area contributed by atoms with E-state index in [9.17, 15) is 0 Å². The van der Waals surface area contributed by atoms with Crippen molar-refractivity contribution in [3.8, 4) is 0 Å². The van der Waals surface area contributed by atoms with Crippen LogP contribution >= 0.6 is 0 Å². The van der Waals surface area contributed by atoms with Gasteiger partial charge in [-0.15, -0.1) is 0 Å². The van der Waals surface area contributed by atoms with Gasteiger partial charge in [-0.25, -0.2) is 0 Å². The second kappa shape index (κ2) is 4.34. The molecule has 17 heavy (non-hydrogen) atoms. The lowest BCUT2D eigenvalue weighted by Crippen LogP contribution is -2.52. The monoisotopic (exact) mass is 230 g/mol. The van der Waals surface area contributed by atoms with Crippen molar-refractivity contribution in [2.75, 3.05) is 18.8 Å². The van der Waals surface area contributed by atoms with Gasteiger partial charge in [-0.2, -0.15) is 0 Å². The van der Waals surface area contributed by atoms with Crippen LogP contribution in [0.5, 0.6) is 0 Å². The number of para-hydroxylation sites is 1. The summed E-state index contributed by atoms with van der Waals surface area (Å²) in [7, 11) is 0. The summed E-state index contributed by atoms with van der Waals surface area (Å²) in [6.07, 6.45) is 8.00. The number of nitrogens with zero attached hydrogens (tertiary/aromatic N) is 1. The molecule has 0 aliphatic carbocycles. The maximum Gasteiger partial charge on any atom is 0.0481 e. The molecule has 1 aromatic carbocycles. The lowest BCUT2D eigenvalue weighted by Gasteiger charge is -2.51. The van der Waals surface area contributed by atoms with E-state index in [0.29, 0.717) is 0 Å². The number of piperidine rings is 2. The first kappa shape index (κ1) is 11.1. The van der Waals surface area contributed by atoms with Crippen LogP contribution in [0.3, 0.4) is 0 Å². The van der Waals surface area contributed by atoms with Gasteiger partial charge in [-0.3, -0.25) is 4.90 Å². The number of hydrogen-bond acceptors (Lipinski definition) is 2. The Hall–Kier alpha value is -1.02. The highest BCUT2D eigenvalue weighted by atomic mass is 15.2. The second-order valence-electron chi connectivity index (χ2n) is 5.52. The molecule has 0 amide bonds. The third-order valence-electron chi connectivity index (χ3n) is 4.60. The van der Waals surface area contributed by atoms with Crippen molar-refractivity contribution < 1.29 is 0 Å². The molecule has 0 spiro atoms. The molecule has 2 heterocycles. The zero-order chi connectivity index (χ0) is 11.7. The standard InChI is InChI=1S/C15H22N2/c16-14-8-2-1-7-13(14)15-9-3-5-11-17(15)12-6-4-10-15/h1-2,7-8H,3-6,9-12,16H2. The summed E-state index contributed by atoms with van der Waals surface area (Å²) >= 11 is 0. The average molecular weight is 230 g/mol. The first-order chi connectivity index (χ1) is 8.33. The molecule has 0 aromatic heterocycles. The Morgan fingerprint density at radius 2 is 1.59 bits per heavy atom. The summed E-state index contributed by atoms with van der Waals surface area (Å²) in [4.78, 5) is 2.70. The van der Waals surface area contributed by atoms with E-state index in [2.05, 4.69) is 23.1 Å². The Labute approximate surface area is 104 Å². The normalized spacial score (nSPS) is 24.2. The molecule has 0 atom stereocenters. The van der Waals surface area contributed by atoms with Crippen molar-refractivity contribution >= 4 is 5.69 Å². The number of benzene rings is 1. The van der Waals surface area contributed by atoms with E-state index in [1.165, 1.54) is 57.2 Å². The first-order valence-electron chi connectivity index (χ1n) is 6.93. The Morgan fingerprint density at radius 1 is 0.941 bits per heavy atom. The van der Waals surface area contributed by atoms with Crippen molar-refractivity contribution in [2.45, 2.75) is 44.1 Å². The molecular formula is C15H22N2. The topological polar surface area (TPSA) is 29.3 Å². The van der Waals surface area contributed by atoms with Gasteiger partial charge in [-0.1, -0.05) is 18.2 Å². The van der Waals surface area contributed by atoms with Crippen LogP contribution in [0.25, 0.3) is 0 Å². The molecule has 0 saturated carbocycles.